The highest BCUT2D eigenvalue weighted by Gasteiger charge is 2.31. The average Bonchev–Trinajstić information content (AvgIpc) is 3.17. The van der Waals surface area contributed by atoms with E-state index < -0.39 is 0 Å². The Hall–Kier alpha value is -2.55. The minimum absolute atomic E-state index is 0.230. The Kier molecular flexibility index (Phi) is 3.62. The molecule has 3 nitrogen and oxygen atoms in total. The van der Waals surface area contributed by atoms with Crippen LogP contribution >= 0.6 is 0 Å². The third kappa shape index (κ3) is 2.63. The van der Waals surface area contributed by atoms with Crippen molar-refractivity contribution in [1.29, 1.82) is 0 Å². The summed E-state index contributed by atoms with van der Waals surface area (Å²) in [7, 11) is 0. The molecule has 4 rings (SSSR count). The zero-order chi connectivity index (χ0) is 15.6. The van der Waals surface area contributed by atoms with Crippen molar-refractivity contribution in [1.82, 2.24) is 9.88 Å². The first-order valence-electron chi connectivity index (χ1n) is 8.22. The molecule has 1 fully saturated rings. The van der Waals surface area contributed by atoms with Crippen LogP contribution in [0.15, 0.2) is 60.8 Å². The second-order valence-electron chi connectivity index (χ2n) is 6.16. The number of carbonyl (C=O) groups is 1. The molecular weight excluding hydrogens is 284 g/mol. The summed E-state index contributed by atoms with van der Waals surface area (Å²) >= 11 is 0. The molecule has 0 aliphatic carbocycles. The smallest absolute Gasteiger partial charge is 0.223 e. The van der Waals surface area contributed by atoms with Crippen LogP contribution in [-0.4, -0.2) is 22.3 Å². The lowest BCUT2D eigenvalue weighted by Gasteiger charge is -2.25. The number of nitrogens with one attached hydrogen (secondary N) is 1. The Morgan fingerprint density at radius 1 is 1.04 bits per heavy atom. The van der Waals surface area contributed by atoms with Gasteiger partial charge in [-0.3, -0.25) is 4.79 Å². The van der Waals surface area contributed by atoms with E-state index in [9.17, 15) is 4.79 Å². The molecule has 0 spiro atoms. The summed E-state index contributed by atoms with van der Waals surface area (Å²) in [4.78, 5) is 17.7. The van der Waals surface area contributed by atoms with E-state index in [2.05, 4.69) is 58.5 Å². The molecule has 1 atom stereocenters. The monoisotopic (exact) mass is 304 g/mol. The molecule has 0 radical (unpaired) electrons. The molecule has 23 heavy (non-hydrogen) atoms. The number of para-hydroxylation sites is 1. The Morgan fingerprint density at radius 3 is 2.70 bits per heavy atom. The summed E-state index contributed by atoms with van der Waals surface area (Å²) in [6.07, 6.45) is 4.55. The van der Waals surface area contributed by atoms with Crippen molar-refractivity contribution >= 4 is 16.8 Å². The number of H-pyrrole nitrogens is 1. The zero-order valence-corrected chi connectivity index (χ0v) is 13.0. The SMILES string of the molecule is O=C1CCC(c2ccccc2)N1CCc1c[nH]c2ccccc12. The number of fused-ring (bicyclic) bond motifs is 1. The van der Waals surface area contributed by atoms with Crippen LogP contribution in [0.4, 0.5) is 0 Å². The van der Waals surface area contributed by atoms with Gasteiger partial charge < -0.3 is 9.88 Å². The summed E-state index contributed by atoms with van der Waals surface area (Å²) in [5.74, 6) is 0.277. The maximum Gasteiger partial charge on any atom is 0.223 e. The molecular formula is C20H20N2O. The number of carbonyl (C=O) groups excluding carboxylic acids is 1. The van der Waals surface area contributed by atoms with Crippen molar-refractivity contribution in [2.75, 3.05) is 6.54 Å². The van der Waals surface area contributed by atoms with Gasteiger partial charge in [0.05, 0.1) is 6.04 Å². The number of hydrogen-bond acceptors (Lipinski definition) is 1. The molecule has 0 bridgehead atoms. The van der Waals surface area contributed by atoms with Gasteiger partial charge in [0.15, 0.2) is 0 Å². The minimum atomic E-state index is 0.230. The Bertz CT molecular complexity index is 822. The first-order valence-corrected chi connectivity index (χ1v) is 8.22. The first-order chi connectivity index (χ1) is 11.3. The average molecular weight is 304 g/mol. The van der Waals surface area contributed by atoms with E-state index in [0.29, 0.717) is 6.42 Å². The van der Waals surface area contributed by atoms with Crippen LogP contribution in [0.1, 0.15) is 30.0 Å². The molecule has 116 valence electrons. The number of benzene rings is 2. The summed E-state index contributed by atoms with van der Waals surface area (Å²) in [5.41, 5.74) is 3.69. The topological polar surface area (TPSA) is 36.1 Å². The van der Waals surface area contributed by atoms with Crippen LogP contribution in [0.3, 0.4) is 0 Å². The van der Waals surface area contributed by atoms with Crippen LogP contribution in [0.2, 0.25) is 0 Å². The van der Waals surface area contributed by atoms with Gasteiger partial charge in [0.2, 0.25) is 5.91 Å². The highest BCUT2D eigenvalue weighted by molar-refractivity contribution is 5.83. The van der Waals surface area contributed by atoms with Gasteiger partial charge in [-0.25, -0.2) is 0 Å². The van der Waals surface area contributed by atoms with Gasteiger partial charge in [0.25, 0.3) is 0 Å². The Labute approximate surface area is 135 Å². The third-order valence-electron chi connectivity index (χ3n) is 4.81. The van der Waals surface area contributed by atoms with Crippen molar-refractivity contribution < 1.29 is 4.79 Å². The second-order valence-corrected chi connectivity index (χ2v) is 6.16. The number of rotatable bonds is 4. The molecule has 3 heteroatoms. The number of hydrogen-bond donors (Lipinski definition) is 1. The molecule has 3 aromatic rings. The fraction of sp³-hybridized carbons (Fsp3) is 0.250. The van der Waals surface area contributed by atoms with Crippen molar-refractivity contribution in [3.8, 4) is 0 Å². The minimum Gasteiger partial charge on any atom is -0.361 e. The van der Waals surface area contributed by atoms with Crippen molar-refractivity contribution in [2.45, 2.75) is 25.3 Å². The predicted octanol–water partition coefficient (Wildman–Crippen LogP) is 4.07. The molecule has 2 aromatic carbocycles. The summed E-state index contributed by atoms with van der Waals surface area (Å²) in [6, 6.07) is 18.9. The van der Waals surface area contributed by atoms with Gasteiger partial charge in [-0.2, -0.15) is 0 Å². The molecule has 0 saturated carbocycles. The van der Waals surface area contributed by atoms with Gasteiger partial charge in [-0.05, 0) is 30.0 Å². The molecule has 1 saturated heterocycles. The van der Waals surface area contributed by atoms with E-state index in [1.165, 1.54) is 16.5 Å². The van der Waals surface area contributed by atoms with E-state index in [4.69, 9.17) is 0 Å². The molecule has 2 heterocycles. The van der Waals surface area contributed by atoms with E-state index in [-0.39, 0.29) is 11.9 Å². The lowest BCUT2D eigenvalue weighted by Crippen LogP contribution is -2.29. The highest BCUT2D eigenvalue weighted by Crippen LogP contribution is 2.33. The second kappa shape index (κ2) is 5.92. The molecule has 1 amide bonds. The van der Waals surface area contributed by atoms with Crippen molar-refractivity contribution in [2.24, 2.45) is 0 Å². The van der Waals surface area contributed by atoms with E-state index in [0.717, 1.165) is 24.9 Å². The molecule has 1 aliphatic rings. The van der Waals surface area contributed by atoms with Gasteiger partial charge in [-0.1, -0.05) is 48.5 Å². The van der Waals surface area contributed by atoms with Crippen LogP contribution in [-0.2, 0) is 11.2 Å². The third-order valence-corrected chi connectivity index (χ3v) is 4.81. The lowest BCUT2D eigenvalue weighted by atomic mass is 10.0. The Balaban J connectivity index is 1.54. The van der Waals surface area contributed by atoms with E-state index >= 15 is 0 Å². The summed E-state index contributed by atoms with van der Waals surface area (Å²) in [6.45, 7) is 0.778. The van der Waals surface area contributed by atoms with E-state index in [1.807, 2.05) is 12.1 Å². The van der Waals surface area contributed by atoms with Gasteiger partial charge in [0.1, 0.15) is 0 Å². The fourth-order valence-corrected chi connectivity index (χ4v) is 3.62. The fourth-order valence-electron chi connectivity index (χ4n) is 3.62. The van der Waals surface area contributed by atoms with Crippen LogP contribution in [0, 0.1) is 0 Å². The molecule has 1 unspecified atom stereocenters. The van der Waals surface area contributed by atoms with Crippen LogP contribution < -0.4 is 0 Å². The Morgan fingerprint density at radius 2 is 1.83 bits per heavy atom. The molecule has 1 N–H and O–H groups in total. The van der Waals surface area contributed by atoms with E-state index in [1.54, 1.807) is 0 Å². The maximum atomic E-state index is 12.3. The standard InChI is InChI=1S/C20H20N2O/c23-20-11-10-19(15-6-2-1-3-7-15)22(20)13-12-16-14-21-18-9-5-4-8-17(16)18/h1-9,14,19,21H,10-13H2. The zero-order valence-electron chi connectivity index (χ0n) is 13.0. The van der Waals surface area contributed by atoms with Gasteiger partial charge in [-0.15, -0.1) is 0 Å². The maximum absolute atomic E-state index is 12.3. The number of aromatic nitrogens is 1. The number of nitrogens with zero attached hydrogens (tertiary/aromatic N) is 1. The quantitative estimate of drug-likeness (QED) is 0.775. The predicted molar refractivity (Wildman–Crippen MR) is 92.1 cm³/mol. The summed E-state index contributed by atoms with van der Waals surface area (Å²) < 4.78 is 0. The van der Waals surface area contributed by atoms with Crippen LogP contribution in [0.5, 0.6) is 0 Å². The lowest BCUT2D eigenvalue weighted by molar-refractivity contribution is -0.129. The van der Waals surface area contributed by atoms with Crippen LogP contribution in [0.25, 0.3) is 10.9 Å². The van der Waals surface area contributed by atoms with Crippen molar-refractivity contribution in [3.63, 3.8) is 0 Å². The molecule has 1 aromatic heterocycles. The van der Waals surface area contributed by atoms with Gasteiger partial charge >= 0.3 is 0 Å². The number of likely N-dealkylation sites (tertiary alicyclic amines) is 1. The van der Waals surface area contributed by atoms with Crippen molar-refractivity contribution in [3.05, 3.63) is 71.9 Å². The normalized spacial score (nSPS) is 18.0. The van der Waals surface area contributed by atoms with Gasteiger partial charge in [0, 0.05) is 30.1 Å². The summed E-state index contributed by atoms with van der Waals surface area (Å²) in [5, 5.41) is 1.26. The number of amides is 1. The highest BCUT2D eigenvalue weighted by atomic mass is 16.2. The number of aromatic amines is 1. The largest absolute Gasteiger partial charge is 0.361 e. The molecule has 1 aliphatic heterocycles. The first kappa shape index (κ1) is 14.1.